The van der Waals surface area contributed by atoms with Crippen molar-refractivity contribution in [2.24, 2.45) is 5.41 Å². The second-order valence-corrected chi connectivity index (χ2v) is 7.24. The van der Waals surface area contributed by atoms with E-state index in [1.807, 2.05) is 37.3 Å². The Bertz CT molecular complexity index is 697. The minimum Gasteiger partial charge on any atom is -0.355 e. The zero-order chi connectivity index (χ0) is 20.6. The fourth-order valence-corrected chi connectivity index (χ4v) is 3.41. The number of likely N-dealkylation sites (N-methyl/N-ethyl adjacent to an activating group) is 1. The van der Waals surface area contributed by atoms with E-state index in [0.717, 1.165) is 24.0 Å². The van der Waals surface area contributed by atoms with Crippen LogP contribution >= 0.6 is 0 Å². The number of rotatable bonds is 9. The first-order valence-electron chi connectivity index (χ1n) is 9.79. The van der Waals surface area contributed by atoms with Crippen molar-refractivity contribution in [3.8, 4) is 0 Å². The van der Waals surface area contributed by atoms with E-state index in [2.05, 4.69) is 10.6 Å². The molecule has 0 aromatic heterocycles. The van der Waals surface area contributed by atoms with Gasteiger partial charge in [-0.15, -0.1) is 0 Å². The van der Waals surface area contributed by atoms with Crippen molar-refractivity contribution >= 4 is 11.5 Å². The van der Waals surface area contributed by atoms with Crippen LogP contribution in [0.25, 0.3) is 5.57 Å². The average Bonchev–Trinajstić information content (AvgIpc) is 2.69. The minimum absolute atomic E-state index is 0.0124. The summed E-state index contributed by atoms with van der Waals surface area (Å²) in [4.78, 5) is 12.2. The lowest BCUT2D eigenvalue weighted by molar-refractivity contribution is -0.207. The van der Waals surface area contributed by atoms with Gasteiger partial charge in [-0.25, -0.2) is 0 Å². The summed E-state index contributed by atoms with van der Waals surface area (Å²) in [5, 5.41) is 5.60. The molecule has 1 aromatic rings. The van der Waals surface area contributed by atoms with Crippen LogP contribution < -0.4 is 10.6 Å². The van der Waals surface area contributed by atoms with E-state index in [-0.39, 0.29) is 31.3 Å². The van der Waals surface area contributed by atoms with Crippen molar-refractivity contribution in [2.75, 3.05) is 13.6 Å². The molecule has 1 aromatic carbocycles. The SMILES string of the molecule is CCCCC(NC)C(=O)NCCC1(C(F)(F)F)C=CC(c2ccccc2)=CC1. The molecule has 6 heteroatoms. The van der Waals surface area contributed by atoms with E-state index in [1.165, 1.54) is 6.08 Å². The van der Waals surface area contributed by atoms with Gasteiger partial charge in [0.1, 0.15) is 0 Å². The zero-order valence-electron chi connectivity index (χ0n) is 16.5. The maximum absolute atomic E-state index is 13.8. The number of benzene rings is 1. The molecule has 2 atom stereocenters. The number of nitrogens with one attached hydrogen (secondary N) is 2. The predicted octanol–water partition coefficient (Wildman–Crippen LogP) is 4.86. The molecule has 1 amide bonds. The summed E-state index contributed by atoms with van der Waals surface area (Å²) in [5.74, 6) is -0.242. The lowest BCUT2D eigenvalue weighted by Crippen LogP contribution is -2.45. The highest BCUT2D eigenvalue weighted by Gasteiger charge is 2.52. The summed E-state index contributed by atoms with van der Waals surface area (Å²) < 4.78 is 41.5. The molecule has 0 bridgehead atoms. The molecule has 0 spiro atoms. The molecule has 1 aliphatic rings. The molecule has 0 saturated heterocycles. The van der Waals surface area contributed by atoms with Gasteiger partial charge >= 0.3 is 6.18 Å². The summed E-state index contributed by atoms with van der Waals surface area (Å²) in [6.07, 6.45) is 2.29. The van der Waals surface area contributed by atoms with Gasteiger partial charge < -0.3 is 10.6 Å². The second kappa shape index (κ2) is 9.92. The fourth-order valence-electron chi connectivity index (χ4n) is 3.41. The Morgan fingerprint density at radius 3 is 2.50 bits per heavy atom. The standard InChI is InChI=1S/C22H29F3N2O/c1-3-4-10-19(26-2)20(28)27-16-15-21(22(23,24)25)13-11-18(12-14-21)17-8-6-5-7-9-17/h5-9,11-13,19,26H,3-4,10,14-16H2,1-2H3,(H,27,28). The zero-order valence-corrected chi connectivity index (χ0v) is 16.5. The maximum Gasteiger partial charge on any atom is 0.398 e. The summed E-state index contributed by atoms with van der Waals surface area (Å²) in [7, 11) is 1.69. The Morgan fingerprint density at radius 2 is 1.96 bits per heavy atom. The van der Waals surface area contributed by atoms with Gasteiger partial charge in [-0.2, -0.15) is 13.2 Å². The first-order valence-corrected chi connectivity index (χ1v) is 9.79. The van der Waals surface area contributed by atoms with E-state index < -0.39 is 11.6 Å². The van der Waals surface area contributed by atoms with Crippen LogP contribution in [0.4, 0.5) is 13.2 Å². The summed E-state index contributed by atoms with van der Waals surface area (Å²) in [6, 6.07) is 8.99. The third kappa shape index (κ3) is 5.47. The monoisotopic (exact) mass is 394 g/mol. The molecule has 2 unspecified atom stereocenters. The predicted molar refractivity (Wildman–Crippen MR) is 107 cm³/mol. The lowest BCUT2D eigenvalue weighted by atomic mass is 9.76. The molecule has 3 nitrogen and oxygen atoms in total. The van der Waals surface area contributed by atoms with Crippen molar-refractivity contribution in [2.45, 2.75) is 51.2 Å². The number of hydrogen-bond acceptors (Lipinski definition) is 2. The summed E-state index contributed by atoms with van der Waals surface area (Å²) in [6.45, 7) is 2.02. The van der Waals surface area contributed by atoms with E-state index in [9.17, 15) is 18.0 Å². The van der Waals surface area contributed by atoms with Crippen molar-refractivity contribution in [3.05, 3.63) is 54.1 Å². The Hall–Kier alpha value is -2.08. The Morgan fingerprint density at radius 1 is 1.25 bits per heavy atom. The van der Waals surface area contributed by atoms with Crippen LogP contribution in [0, 0.1) is 5.41 Å². The third-order valence-electron chi connectivity index (χ3n) is 5.32. The van der Waals surface area contributed by atoms with E-state index in [0.29, 0.717) is 6.42 Å². The molecule has 0 heterocycles. The van der Waals surface area contributed by atoms with Gasteiger partial charge in [0.25, 0.3) is 0 Å². The summed E-state index contributed by atoms with van der Waals surface area (Å²) >= 11 is 0. The van der Waals surface area contributed by atoms with Gasteiger partial charge in [-0.1, -0.05) is 68.3 Å². The highest BCUT2D eigenvalue weighted by molar-refractivity contribution is 5.81. The van der Waals surface area contributed by atoms with Crippen LogP contribution in [0.1, 0.15) is 44.6 Å². The van der Waals surface area contributed by atoms with Crippen molar-refractivity contribution in [1.29, 1.82) is 0 Å². The second-order valence-electron chi connectivity index (χ2n) is 7.24. The molecule has 2 N–H and O–H groups in total. The first kappa shape index (κ1) is 22.2. The fraction of sp³-hybridized carbons (Fsp3) is 0.500. The smallest absolute Gasteiger partial charge is 0.355 e. The lowest BCUT2D eigenvalue weighted by Gasteiger charge is -2.34. The van der Waals surface area contributed by atoms with Crippen LogP contribution in [-0.4, -0.2) is 31.7 Å². The van der Waals surface area contributed by atoms with Gasteiger partial charge in [-0.3, -0.25) is 4.79 Å². The minimum atomic E-state index is -4.38. The van der Waals surface area contributed by atoms with Crippen molar-refractivity contribution in [1.82, 2.24) is 10.6 Å². The number of amides is 1. The highest BCUT2D eigenvalue weighted by atomic mass is 19.4. The van der Waals surface area contributed by atoms with Crippen LogP contribution in [0.3, 0.4) is 0 Å². The molecule has 2 rings (SSSR count). The van der Waals surface area contributed by atoms with Crippen molar-refractivity contribution in [3.63, 3.8) is 0 Å². The Balaban J connectivity index is 2.01. The number of hydrogen-bond donors (Lipinski definition) is 2. The number of unbranched alkanes of at least 4 members (excludes halogenated alkanes) is 1. The number of halogens is 3. The quantitative estimate of drug-likeness (QED) is 0.628. The van der Waals surface area contributed by atoms with E-state index in [1.54, 1.807) is 19.2 Å². The van der Waals surface area contributed by atoms with Gasteiger partial charge in [0.2, 0.25) is 5.91 Å². The molecule has 0 saturated carbocycles. The number of carbonyl (C=O) groups excluding carboxylic acids is 1. The van der Waals surface area contributed by atoms with Crippen LogP contribution in [0.15, 0.2) is 48.6 Å². The molecule has 0 fully saturated rings. The number of carbonyl (C=O) groups is 1. The highest BCUT2D eigenvalue weighted by Crippen LogP contribution is 2.48. The topological polar surface area (TPSA) is 41.1 Å². The van der Waals surface area contributed by atoms with Crippen LogP contribution in [0.2, 0.25) is 0 Å². The molecule has 0 radical (unpaired) electrons. The molecule has 1 aliphatic carbocycles. The van der Waals surface area contributed by atoms with Gasteiger partial charge in [-0.05, 0) is 37.4 Å². The van der Waals surface area contributed by atoms with E-state index in [4.69, 9.17) is 0 Å². The average molecular weight is 394 g/mol. The molecular formula is C22H29F3N2O. The van der Waals surface area contributed by atoms with Crippen LogP contribution in [-0.2, 0) is 4.79 Å². The van der Waals surface area contributed by atoms with Crippen molar-refractivity contribution < 1.29 is 18.0 Å². The molecule has 0 aliphatic heterocycles. The number of alkyl halides is 3. The molecule has 28 heavy (non-hydrogen) atoms. The molecular weight excluding hydrogens is 365 g/mol. The Labute approximate surface area is 165 Å². The van der Waals surface area contributed by atoms with Gasteiger partial charge in [0.15, 0.2) is 0 Å². The number of allylic oxidation sites excluding steroid dienone is 4. The largest absolute Gasteiger partial charge is 0.398 e. The van der Waals surface area contributed by atoms with E-state index >= 15 is 0 Å². The van der Waals surface area contributed by atoms with Gasteiger partial charge in [0, 0.05) is 6.54 Å². The maximum atomic E-state index is 13.8. The van der Waals surface area contributed by atoms with Gasteiger partial charge in [0.05, 0.1) is 11.5 Å². The first-order chi connectivity index (χ1) is 13.3. The third-order valence-corrected chi connectivity index (χ3v) is 5.32. The summed E-state index contributed by atoms with van der Waals surface area (Å²) in [5.41, 5.74) is -0.258. The normalized spacial score (nSPS) is 20.5. The van der Waals surface area contributed by atoms with Crippen LogP contribution in [0.5, 0.6) is 0 Å². The molecule has 154 valence electrons. The Kier molecular flexibility index (Phi) is 7.87.